The van der Waals surface area contributed by atoms with Gasteiger partial charge in [0.25, 0.3) is 5.91 Å². The summed E-state index contributed by atoms with van der Waals surface area (Å²) in [5, 5.41) is 7.04. The van der Waals surface area contributed by atoms with Gasteiger partial charge in [0, 0.05) is 24.7 Å². The Kier molecular flexibility index (Phi) is 5.09. The molecule has 3 aromatic rings. The van der Waals surface area contributed by atoms with E-state index in [1.807, 2.05) is 31.2 Å². The van der Waals surface area contributed by atoms with E-state index in [0.29, 0.717) is 30.2 Å². The third kappa shape index (κ3) is 3.82. The first-order valence-corrected chi connectivity index (χ1v) is 9.50. The van der Waals surface area contributed by atoms with Crippen LogP contribution in [-0.4, -0.2) is 46.3 Å². The van der Waals surface area contributed by atoms with Crippen molar-refractivity contribution in [3.8, 4) is 5.69 Å². The molecule has 2 heterocycles. The maximum atomic E-state index is 12.3. The zero-order chi connectivity index (χ0) is 21.3. The lowest BCUT2D eigenvalue weighted by Gasteiger charge is -2.16. The van der Waals surface area contributed by atoms with Gasteiger partial charge in [0.15, 0.2) is 0 Å². The van der Waals surface area contributed by atoms with Crippen LogP contribution in [0.4, 0.5) is 11.6 Å². The van der Waals surface area contributed by atoms with Gasteiger partial charge in [-0.05, 0) is 48.9 Å². The summed E-state index contributed by atoms with van der Waals surface area (Å²) in [6, 6.07) is 13.7. The molecule has 1 saturated heterocycles. The van der Waals surface area contributed by atoms with Crippen LogP contribution < -0.4 is 15.9 Å². The Labute approximate surface area is 172 Å². The van der Waals surface area contributed by atoms with E-state index in [4.69, 9.17) is 4.74 Å². The highest BCUT2D eigenvalue weighted by atomic mass is 16.5. The zero-order valence-corrected chi connectivity index (χ0v) is 16.6. The summed E-state index contributed by atoms with van der Waals surface area (Å²) >= 11 is 0. The van der Waals surface area contributed by atoms with Crippen molar-refractivity contribution in [1.82, 2.24) is 20.1 Å². The van der Waals surface area contributed by atoms with Crippen molar-refractivity contribution < 1.29 is 14.3 Å². The van der Waals surface area contributed by atoms with E-state index in [0.717, 1.165) is 11.3 Å². The van der Waals surface area contributed by atoms with Crippen LogP contribution in [0.3, 0.4) is 0 Å². The molecule has 9 heteroatoms. The molecule has 1 aliphatic rings. The van der Waals surface area contributed by atoms with Crippen LogP contribution in [-0.2, 0) is 9.53 Å². The number of carbonyl (C=O) groups excluding carboxylic acids is 2. The lowest BCUT2D eigenvalue weighted by molar-refractivity contribution is -0.139. The molecule has 0 saturated carbocycles. The number of aromatic amines is 1. The van der Waals surface area contributed by atoms with Gasteiger partial charge in [-0.25, -0.2) is 9.59 Å². The number of amides is 1. The second-order valence-electron chi connectivity index (χ2n) is 7.09. The summed E-state index contributed by atoms with van der Waals surface area (Å²) in [6.45, 7) is 2.27. The predicted molar refractivity (Wildman–Crippen MR) is 110 cm³/mol. The van der Waals surface area contributed by atoms with Crippen LogP contribution in [0.1, 0.15) is 22.3 Å². The van der Waals surface area contributed by atoms with Gasteiger partial charge in [-0.3, -0.25) is 9.78 Å². The average Bonchev–Trinajstić information content (AvgIpc) is 3.33. The Morgan fingerprint density at radius 1 is 1.23 bits per heavy atom. The molecule has 154 valence electrons. The molecule has 30 heavy (non-hydrogen) atoms. The highest BCUT2D eigenvalue weighted by Crippen LogP contribution is 2.20. The standard InChI is InChI=1S/C21H21N5O4/c1-13-4-3-5-16(12-13)26-21(29)23-20(24-26)25(2)15-8-6-14(7-9-15)18(27)22-17-10-11-30-19(17)28/h3-9,12,17H,10-11H2,1-2H3,(H,22,27)(H,23,24,29)/t17-/m1/s1. The molecule has 1 amide bonds. The summed E-state index contributed by atoms with van der Waals surface area (Å²) in [5.74, 6) is -0.384. The minimum Gasteiger partial charge on any atom is -0.464 e. The number of H-pyrrole nitrogens is 1. The van der Waals surface area contributed by atoms with Crippen LogP contribution >= 0.6 is 0 Å². The van der Waals surface area contributed by atoms with Gasteiger partial charge in [0.2, 0.25) is 5.95 Å². The van der Waals surface area contributed by atoms with Crippen molar-refractivity contribution in [3.63, 3.8) is 0 Å². The molecule has 1 atom stereocenters. The van der Waals surface area contributed by atoms with E-state index < -0.39 is 12.0 Å². The lowest BCUT2D eigenvalue weighted by atomic mass is 10.1. The number of benzene rings is 2. The minimum atomic E-state index is -0.601. The highest BCUT2D eigenvalue weighted by Gasteiger charge is 2.28. The number of carbonyl (C=O) groups is 2. The fraction of sp³-hybridized carbons (Fsp3) is 0.238. The predicted octanol–water partition coefficient (Wildman–Crippen LogP) is 1.68. The second kappa shape index (κ2) is 7.86. The van der Waals surface area contributed by atoms with E-state index in [1.165, 1.54) is 4.68 Å². The normalized spacial score (nSPS) is 15.7. The molecular weight excluding hydrogens is 386 g/mol. The van der Waals surface area contributed by atoms with Crippen molar-refractivity contribution in [1.29, 1.82) is 0 Å². The quantitative estimate of drug-likeness (QED) is 0.623. The van der Waals surface area contributed by atoms with Crippen molar-refractivity contribution in [2.75, 3.05) is 18.6 Å². The van der Waals surface area contributed by atoms with Gasteiger partial charge in [0.05, 0.1) is 12.3 Å². The van der Waals surface area contributed by atoms with Crippen LogP contribution in [0, 0.1) is 6.92 Å². The Hall–Kier alpha value is -3.88. The number of anilines is 2. The molecule has 2 N–H and O–H groups in total. The molecule has 0 spiro atoms. The zero-order valence-electron chi connectivity index (χ0n) is 16.6. The first-order valence-electron chi connectivity index (χ1n) is 9.50. The molecule has 0 radical (unpaired) electrons. The molecular formula is C21H21N5O4. The monoisotopic (exact) mass is 407 g/mol. The van der Waals surface area contributed by atoms with Gasteiger partial charge < -0.3 is 15.0 Å². The fourth-order valence-corrected chi connectivity index (χ4v) is 3.23. The molecule has 0 aliphatic carbocycles. The first-order chi connectivity index (χ1) is 14.4. The topological polar surface area (TPSA) is 109 Å². The smallest absolute Gasteiger partial charge is 0.349 e. The lowest BCUT2D eigenvalue weighted by Crippen LogP contribution is -2.37. The van der Waals surface area contributed by atoms with Crippen molar-refractivity contribution >= 4 is 23.5 Å². The molecule has 0 unspecified atom stereocenters. The molecule has 1 aliphatic heterocycles. The Balaban J connectivity index is 1.51. The van der Waals surface area contributed by atoms with Crippen LogP contribution in [0.5, 0.6) is 0 Å². The summed E-state index contributed by atoms with van der Waals surface area (Å²) in [7, 11) is 1.77. The summed E-state index contributed by atoms with van der Waals surface area (Å²) in [6.07, 6.45) is 0.475. The number of nitrogens with zero attached hydrogens (tertiary/aromatic N) is 3. The van der Waals surface area contributed by atoms with Crippen molar-refractivity contribution in [3.05, 3.63) is 70.1 Å². The van der Waals surface area contributed by atoms with Gasteiger partial charge in [-0.1, -0.05) is 12.1 Å². The van der Waals surface area contributed by atoms with Gasteiger partial charge >= 0.3 is 11.7 Å². The summed E-state index contributed by atoms with van der Waals surface area (Å²) < 4.78 is 6.16. The molecule has 0 bridgehead atoms. The van der Waals surface area contributed by atoms with Crippen LogP contribution in [0.15, 0.2) is 53.3 Å². The van der Waals surface area contributed by atoms with E-state index in [2.05, 4.69) is 15.4 Å². The third-order valence-electron chi connectivity index (χ3n) is 4.93. The van der Waals surface area contributed by atoms with Crippen molar-refractivity contribution in [2.45, 2.75) is 19.4 Å². The second-order valence-corrected chi connectivity index (χ2v) is 7.09. The fourth-order valence-electron chi connectivity index (χ4n) is 3.23. The number of hydrogen-bond acceptors (Lipinski definition) is 6. The molecule has 9 nitrogen and oxygen atoms in total. The summed E-state index contributed by atoms with van der Waals surface area (Å²) in [5.41, 5.74) is 2.51. The maximum Gasteiger partial charge on any atom is 0.349 e. The van der Waals surface area contributed by atoms with E-state index >= 15 is 0 Å². The number of rotatable bonds is 5. The maximum absolute atomic E-state index is 12.3. The number of nitrogens with one attached hydrogen (secondary N) is 2. The van der Waals surface area contributed by atoms with Crippen LogP contribution in [0.2, 0.25) is 0 Å². The SMILES string of the molecule is Cc1cccc(-n2nc(N(C)c3ccc(C(=O)N[C@@H]4CCOC4=O)cc3)[nH]c2=O)c1. The van der Waals surface area contributed by atoms with Crippen LogP contribution in [0.25, 0.3) is 5.69 Å². The molecule has 1 aromatic heterocycles. The number of aromatic nitrogens is 3. The Morgan fingerprint density at radius 2 is 2.00 bits per heavy atom. The third-order valence-corrected chi connectivity index (χ3v) is 4.93. The summed E-state index contributed by atoms with van der Waals surface area (Å²) in [4.78, 5) is 40.6. The van der Waals surface area contributed by atoms with Gasteiger partial charge in [-0.2, -0.15) is 4.68 Å². The molecule has 2 aromatic carbocycles. The minimum absolute atomic E-state index is 0.320. The largest absolute Gasteiger partial charge is 0.464 e. The number of ether oxygens (including phenoxy) is 1. The molecule has 1 fully saturated rings. The van der Waals surface area contributed by atoms with Gasteiger partial charge in [0.1, 0.15) is 6.04 Å². The first kappa shape index (κ1) is 19.4. The number of hydrogen-bond donors (Lipinski definition) is 2. The highest BCUT2D eigenvalue weighted by molar-refractivity contribution is 5.97. The van der Waals surface area contributed by atoms with Crippen molar-refractivity contribution in [2.24, 2.45) is 0 Å². The number of cyclic esters (lactones) is 1. The van der Waals surface area contributed by atoms with E-state index in [1.54, 1.807) is 36.2 Å². The number of esters is 1. The molecule has 4 rings (SSSR count). The van der Waals surface area contributed by atoms with E-state index in [9.17, 15) is 14.4 Å². The van der Waals surface area contributed by atoms with Gasteiger partial charge in [-0.15, -0.1) is 5.10 Å². The Morgan fingerprint density at radius 3 is 2.67 bits per heavy atom. The Bertz CT molecular complexity index is 1150. The van der Waals surface area contributed by atoms with E-state index in [-0.39, 0.29) is 11.6 Å². The average molecular weight is 407 g/mol. The number of aryl methyl sites for hydroxylation is 1.